The van der Waals surface area contributed by atoms with Crippen LogP contribution in [0.15, 0.2) is 12.2 Å². The number of hydrogen-bond donors (Lipinski definition) is 0. The number of methoxy groups -OCH3 is 2. The maximum Gasteiger partial charge on any atom is 0.320 e. The van der Waals surface area contributed by atoms with Crippen molar-refractivity contribution in [3.8, 4) is 0 Å². The Morgan fingerprint density at radius 1 is 1.14 bits per heavy atom. The second-order valence-corrected chi connectivity index (χ2v) is 2.91. The zero-order valence-corrected chi connectivity index (χ0v) is 8.94. The minimum atomic E-state index is -0.874. The molecular formula is C10H16O4. The van der Waals surface area contributed by atoms with E-state index < -0.39 is 17.9 Å². The highest BCUT2D eigenvalue weighted by atomic mass is 16.5. The van der Waals surface area contributed by atoms with E-state index in [0.717, 1.165) is 0 Å². The average molecular weight is 200 g/mol. The second kappa shape index (κ2) is 6.18. The Morgan fingerprint density at radius 3 is 1.86 bits per heavy atom. The van der Waals surface area contributed by atoms with Crippen molar-refractivity contribution >= 4 is 11.9 Å². The summed E-state index contributed by atoms with van der Waals surface area (Å²) in [5, 5.41) is 0. The maximum absolute atomic E-state index is 11.3. The molecule has 0 aliphatic heterocycles. The second-order valence-electron chi connectivity index (χ2n) is 2.91. The number of carbonyl (C=O) groups is 2. The summed E-state index contributed by atoms with van der Waals surface area (Å²) in [5.74, 6) is -2.23. The van der Waals surface area contributed by atoms with Crippen LogP contribution < -0.4 is 0 Å². The number of rotatable bonds is 4. The van der Waals surface area contributed by atoms with Crippen molar-refractivity contribution in [2.24, 2.45) is 11.8 Å². The Morgan fingerprint density at radius 2 is 1.57 bits per heavy atom. The zero-order chi connectivity index (χ0) is 11.1. The van der Waals surface area contributed by atoms with Crippen LogP contribution in [0.25, 0.3) is 0 Å². The van der Waals surface area contributed by atoms with Gasteiger partial charge >= 0.3 is 11.9 Å². The van der Waals surface area contributed by atoms with E-state index in [2.05, 4.69) is 9.47 Å². The third-order valence-corrected chi connectivity index (χ3v) is 1.93. The summed E-state index contributed by atoms with van der Waals surface area (Å²) in [5.41, 5.74) is 0. The molecule has 0 saturated heterocycles. The van der Waals surface area contributed by atoms with Gasteiger partial charge < -0.3 is 9.47 Å². The lowest BCUT2D eigenvalue weighted by atomic mass is 9.94. The fraction of sp³-hybridized carbons (Fsp3) is 0.600. The number of hydrogen-bond acceptors (Lipinski definition) is 4. The van der Waals surface area contributed by atoms with Crippen LogP contribution in [0.1, 0.15) is 13.8 Å². The first kappa shape index (κ1) is 12.7. The zero-order valence-electron chi connectivity index (χ0n) is 8.94. The minimum absolute atomic E-state index is 0.222. The van der Waals surface area contributed by atoms with Crippen molar-refractivity contribution in [1.82, 2.24) is 0 Å². The molecule has 0 bridgehead atoms. The third kappa shape index (κ3) is 3.20. The smallest absolute Gasteiger partial charge is 0.320 e. The highest BCUT2D eigenvalue weighted by molar-refractivity contribution is 5.95. The van der Waals surface area contributed by atoms with Crippen molar-refractivity contribution < 1.29 is 19.1 Å². The Hall–Kier alpha value is -1.32. The van der Waals surface area contributed by atoms with Crippen molar-refractivity contribution in [2.75, 3.05) is 14.2 Å². The van der Waals surface area contributed by atoms with E-state index in [-0.39, 0.29) is 5.92 Å². The molecule has 1 atom stereocenters. The van der Waals surface area contributed by atoms with Gasteiger partial charge in [-0.1, -0.05) is 19.1 Å². The third-order valence-electron chi connectivity index (χ3n) is 1.93. The molecule has 0 aromatic rings. The van der Waals surface area contributed by atoms with Gasteiger partial charge in [0.2, 0.25) is 0 Å². The standard InChI is InChI=1S/C10H16O4/c1-5-6-7(2)8(9(11)13-3)10(12)14-4/h5-8H,1-4H3/b6-5+/t7-/m1/s1. The van der Waals surface area contributed by atoms with Crippen LogP contribution in [-0.4, -0.2) is 26.2 Å². The van der Waals surface area contributed by atoms with Gasteiger partial charge in [-0.3, -0.25) is 9.59 Å². The SMILES string of the molecule is C/C=C/[C@@H](C)C(C(=O)OC)C(=O)OC. The molecule has 0 rings (SSSR count). The van der Waals surface area contributed by atoms with E-state index in [9.17, 15) is 9.59 Å². The monoisotopic (exact) mass is 200 g/mol. The van der Waals surface area contributed by atoms with Crippen LogP contribution in [0.5, 0.6) is 0 Å². The summed E-state index contributed by atoms with van der Waals surface area (Å²) in [6.07, 6.45) is 3.54. The molecule has 0 fully saturated rings. The number of allylic oxidation sites excluding steroid dienone is 2. The lowest BCUT2D eigenvalue weighted by Crippen LogP contribution is -2.31. The highest BCUT2D eigenvalue weighted by Gasteiger charge is 2.32. The first-order valence-corrected chi connectivity index (χ1v) is 4.37. The number of esters is 2. The van der Waals surface area contributed by atoms with Gasteiger partial charge in [0.1, 0.15) is 0 Å². The molecule has 4 heteroatoms. The van der Waals surface area contributed by atoms with E-state index in [1.807, 2.05) is 6.92 Å². The van der Waals surface area contributed by atoms with Crippen LogP contribution >= 0.6 is 0 Å². The van der Waals surface area contributed by atoms with E-state index in [1.165, 1.54) is 14.2 Å². The molecule has 0 aromatic carbocycles. The molecule has 80 valence electrons. The topological polar surface area (TPSA) is 52.6 Å². The molecule has 0 aliphatic rings. The summed E-state index contributed by atoms with van der Waals surface area (Å²) in [7, 11) is 2.50. The van der Waals surface area contributed by atoms with Crippen LogP contribution in [0, 0.1) is 11.8 Å². The van der Waals surface area contributed by atoms with E-state index in [1.54, 1.807) is 19.1 Å². The molecule has 0 aliphatic carbocycles. The Bertz CT molecular complexity index is 216. The molecule has 0 N–H and O–H groups in total. The Kier molecular flexibility index (Phi) is 5.60. The predicted octanol–water partition coefficient (Wildman–Crippen LogP) is 1.16. The maximum atomic E-state index is 11.3. The number of carbonyl (C=O) groups excluding carboxylic acids is 2. The molecule has 0 heterocycles. The molecule has 14 heavy (non-hydrogen) atoms. The van der Waals surface area contributed by atoms with Gasteiger partial charge in [-0.2, -0.15) is 0 Å². The quantitative estimate of drug-likeness (QED) is 0.388. The van der Waals surface area contributed by atoms with E-state index in [0.29, 0.717) is 0 Å². The van der Waals surface area contributed by atoms with Crippen LogP contribution in [0.4, 0.5) is 0 Å². The fourth-order valence-corrected chi connectivity index (χ4v) is 1.19. The molecule has 0 unspecified atom stereocenters. The highest BCUT2D eigenvalue weighted by Crippen LogP contribution is 2.16. The first-order chi connectivity index (χ1) is 6.58. The largest absolute Gasteiger partial charge is 0.468 e. The molecule has 4 nitrogen and oxygen atoms in total. The van der Waals surface area contributed by atoms with Gasteiger partial charge in [0.25, 0.3) is 0 Å². The number of ether oxygens (including phenoxy) is 2. The lowest BCUT2D eigenvalue weighted by Gasteiger charge is -2.16. The summed E-state index contributed by atoms with van der Waals surface area (Å²) in [6, 6.07) is 0. The van der Waals surface area contributed by atoms with Crippen LogP contribution in [0.3, 0.4) is 0 Å². The minimum Gasteiger partial charge on any atom is -0.468 e. The summed E-state index contributed by atoms with van der Waals surface area (Å²) >= 11 is 0. The Balaban J connectivity index is 4.71. The molecule has 0 aromatic heterocycles. The van der Waals surface area contributed by atoms with Gasteiger partial charge in [0, 0.05) is 0 Å². The van der Waals surface area contributed by atoms with Crippen molar-refractivity contribution in [3.63, 3.8) is 0 Å². The summed E-state index contributed by atoms with van der Waals surface area (Å²) < 4.78 is 9.06. The van der Waals surface area contributed by atoms with E-state index >= 15 is 0 Å². The molecule has 0 saturated carbocycles. The predicted molar refractivity (Wildman–Crippen MR) is 51.5 cm³/mol. The van der Waals surface area contributed by atoms with Crippen molar-refractivity contribution in [2.45, 2.75) is 13.8 Å². The summed E-state index contributed by atoms with van der Waals surface area (Å²) in [6.45, 7) is 3.58. The van der Waals surface area contributed by atoms with Gasteiger partial charge in [0.05, 0.1) is 14.2 Å². The first-order valence-electron chi connectivity index (χ1n) is 4.37. The van der Waals surface area contributed by atoms with Gasteiger partial charge in [-0.05, 0) is 12.8 Å². The van der Waals surface area contributed by atoms with Crippen molar-refractivity contribution in [1.29, 1.82) is 0 Å². The van der Waals surface area contributed by atoms with Gasteiger partial charge in [0.15, 0.2) is 5.92 Å². The molecular weight excluding hydrogens is 184 g/mol. The summed E-state index contributed by atoms with van der Waals surface area (Å²) in [4.78, 5) is 22.5. The van der Waals surface area contributed by atoms with Crippen LogP contribution in [0.2, 0.25) is 0 Å². The van der Waals surface area contributed by atoms with Crippen molar-refractivity contribution in [3.05, 3.63) is 12.2 Å². The normalized spacial score (nSPS) is 12.9. The molecule has 0 spiro atoms. The van der Waals surface area contributed by atoms with Crippen LogP contribution in [-0.2, 0) is 19.1 Å². The molecule has 0 amide bonds. The van der Waals surface area contributed by atoms with Gasteiger partial charge in [-0.25, -0.2) is 0 Å². The van der Waals surface area contributed by atoms with Gasteiger partial charge in [-0.15, -0.1) is 0 Å². The van der Waals surface area contributed by atoms with E-state index in [4.69, 9.17) is 0 Å². The molecule has 0 radical (unpaired) electrons. The fourth-order valence-electron chi connectivity index (χ4n) is 1.19. The Labute approximate surface area is 83.9 Å². The lowest BCUT2D eigenvalue weighted by molar-refractivity contribution is -0.160. The average Bonchev–Trinajstić information content (AvgIpc) is 2.17.